The fourth-order valence-corrected chi connectivity index (χ4v) is 1.95. The Labute approximate surface area is 114 Å². The molecule has 0 amide bonds. The first-order valence-electron chi connectivity index (χ1n) is 6.29. The summed E-state index contributed by atoms with van der Waals surface area (Å²) in [6.07, 6.45) is 0.971. The average molecular weight is 267 g/mol. The van der Waals surface area contributed by atoms with Crippen LogP contribution in [-0.4, -0.2) is 56.5 Å². The van der Waals surface area contributed by atoms with Gasteiger partial charge in [0.15, 0.2) is 0 Å². The fraction of sp³-hybridized carbons (Fsp3) is 0.538. The zero-order valence-corrected chi connectivity index (χ0v) is 11.8. The molecule has 0 radical (unpaired) electrons. The van der Waals surface area contributed by atoms with E-state index in [4.69, 9.17) is 9.47 Å². The van der Waals surface area contributed by atoms with Crippen LogP contribution in [0.3, 0.4) is 0 Å². The lowest BCUT2D eigenvalue weighted by atomic mass is 9.78. The SMILES string of the molecule is COCCCN(C)Cc1ccc(OC)c(B(O)O)c1. The Morgan fingerprint density at radius 1 is 1.26 bits per heavy atom. The molecule has 0 atom stereocenters. The number of nitrogens with zero attached hydrogens (tertiary/aromatic N) is 1. The van der Waals surface area contributed by atoms with Crippen LogP contribution < -0.4 is 10.2 Å². The summed E-state index contributed by atoms with van der Waals surface area (Å²) < 4.78 is 10.1. The molecular formula is C13H22BNO4. The molecule has 19 heavy (non-hydrogen) atoms. The highest BCUT2D eigenvalue weighted by atomic mass is 16.5. The van der Waals surface area contributed by atoms with Crippen LogP contribution in [0.2, 0.25) is 0 Å². The molecule has 0 aliphatic carbocycles. The molecule has 6 heteroatoms. The molecule has 0 unspecified atom stereocenters. The molecule has 5 nitrogen and oxygen atoms in total. The van der Waals surface area contributed by atoms with Gasteiger partial charge in [-0.25, -0.2) is 0 Å². The third-order valence-corrected chi connectivity index (χ3v) is 2.91. The molecule has 0 bridgehead atoms. The van der Waals surface area contributed by atoms with Crippen LogP contribution >= 0.6 is 0 Å². The Morgan fingerprint density at radius 3 is 2.58 bits per heavy atom. The maximum Gasteiger partial charge on any atom is 0.492 e. The van der Waals surface area contributed by atoms with E-state index in [2.05, 4.69) is 4.90 Å². The topological polar surface area (TPSA) is 62.2 Å². The minimum Gasteiger partial charge on any atom is -0.497 e. The van der Waals surface area contributed by atoms with E-state index < -0.39 is 7.12 Å². The lowest BCUT2D eigenvalue weighted by Crippen LogP contribution is -2.32. The zero-order chi connectivity index (χ0) is 14.3. The van der Waals surface area contributed by atoms with Gasteiger partial charge in [0.25, 0.3) is 0 Å². The van der Waals surface area contributed by atoms with Crippen LogP contribution in [0.25, 0.3) is 0 Å². The van der Waals surface area contributed by atoms with Crippen LogP contribution in [0, 0.1) is 0 Å². The van der Waals surface area contributed by atoms with Gasteiger partial charge in [-0.3, -0.25) is 0 Å². The highest BCUT2D eigenvalue weighted by Crippen LogP contribution is 2.11. The van der Waals surface area contributed by atoms with Gasteiger partial charge in [-0.1, -0.05) is 12.1 Å². The van der Waals surface area contributed by atoms with Crippen LogP contribution in [0.4, 0.5) is 0 Å². The monoisotopic (exact) mass is 267 g/mol. The van der Waals surface area contributed by atoms with Gasteiger partial charge in [0, 0.05) is 32.3 Å². The zero-order valence-electron chi connectivity index (χ0n) is 11.8. The Bertz CT molecular complexity index is 387. The van der Waals surface area contributed by atoms with Gasteiger partial charge in [-0.2, -0.15) is 0 Å². The molecule has 0 heterocycles. The van der Waals surface area contributed by atoms with E-state index in [1.54, 1.807) is 19.2 Å². The summed E-state index contributed by atoms with van der Waals surface area (Å²) in [6.45, 7) is 2.41. The second-order valence-corrected chi connectivity index (χ2v) is 4.53. The lowest BCUT2D eigenvalue weighted by molar-refractivity contribution is 0.178. The Kier molecular flexibility index (Phi) is 6.87. The van der Waals surface area contributed by atoms with E-state index in [0.29, 0.717) is 11.2 Å². The van der Waals surface area contributed by atoms with E-state index in [-0.39, 0.29) is 0 Å². The first-order valence-corrected chi connectivity index (χ1v) is 6.29. The largest absolute Gasteiger partial charge is 0.497 e. The fourth-order valence-electron chi connectivity index (χ4n) is 1.95. The summed E-state index contributed by atoms with van der Waals surface area (Å²) >= 11 is 0. The summed E-state index contributed by atoms with van der Waals surface area (Å²) in [5, 5.41) is 18.6. The van der Waals surface area contributed by atoms with E-state index in [0.717, 1.165) is 31.7 Å². The van der Waals surface area contributed by atoms with Gasteiger partial charge in [0.2, 0.25) is 0 Å². The van der Waals surface area contributed by atoms with Crippen molar-refractivity contribution in [3.8, 4) is 5.75 Å². The van der Waals surface area contributed by atoms with Crippen molar-refractivity contribution < 1.29 is 19.5 Å². The summed E-state index contributed by atoms with van der Waals surface area (Å²) in [5.41, 5.74) is 1.41. The minimum absolute atomic E-state index is 0.394. The van der Waals surface area contributed by atoms with Crippen molar-refractivity contribution in [2.24, 2.45) is 0 Å². The van der Waals surface area contributed by atoms with E-state index in [1.165, 1.54) is 7.11 Å². The van der Waals surface area contributed by atoms with E-state index >= 15 is 0 Å². The Morgan fingerprint density at radius 2 is 2.00 bits per heavy atom. The molecule has 106 valence electrons. The van der Waals surface area contributed by atoms with Crippen molar-refractivity contribution in [3.05, 3.63) is 23.8 Å². The maximum absolute atomic E-state index is 9.31. The molecule has 1 rings (SSSR count). The summed E-state index contributed by atoms with van der Waals surface area (Å²) in [4.78, 5) is 2.16. The second-order valence-electron chi connectivity index (χ2n) is 4.53. The number of benzene rings is 1. The van der Waals surface area contributed by atoms with Gasteiger partial charge in [-0.05, 0) is 25.1 Å². The number of methoxy groups -OCH3 is 2. The molecule has 1 aromatic rings. The molecule has 0 aromatic heterocycles. The van der Waals surface area contributed by atoms with Crippen molar-refractivity contribution in [3.63, 3.8) is 0 Å². The number of ether oxygens (including phenoxy) is 2. The third-order valence-electron chi connectivity index (χ3n) is 2.91. The summed E-state index contributed by atoms with van der Waals surface area (Å²) in [5.74, 6) is 0.487. The van der Waals surface area contributed by atoms with Crippen molar-refractivity contribution in [1.29, 1.82) is 0 Å². The molecule has 0 spiro atoms. The summed E-state index contributed by atoms with van der Waals surface area (Å²) in [7, 11) is 3.71. The molecular weight excluding hydrogens is 245 g/mol. The predicted molar refractivity (Wildman–Crippen MR) is 75.6 cm³/mol. The number of rotatable bonds is 8. The highest BCUT2D eigenvalue weighted by molar-refractivity contribution is 6.59. The van der Waals surface area contributed by atoms with E-state index in [1.807, 2.05) is 13.1 Å². The van der Waals surface area contributed by atoms with Crippen LogP contribution in [-0.2, 0) is 11.3 Å². The predicted octanol–water partition coefficient (Wildman–Crippen LogP) is -0.157. The van der Waals surface area contributed by atoms with Gasteiger partial charge in [0.05, 0.1) is 7.11 Å². The lowest BCUT2D eigenvalue weighted by Gasteiger charge is -2.17. The smallest absolute Gasteiger partial charge is 0.492 e. The number of hydrogen-bond donors (Lipinski definition) is 2. The van der Waals surface area contributed by atoms with Gasteiger partial charge >= 0.3 is 7.12 Å². The average Bonchev–Trinajstić information content (AvgIpc) is 2.39. The first-order chi connectivity index (χ1) is 9.08. The first kappa shape index (κ1) is 16.0. The van der Waals surface area contributed by atoms with Gasteiger partial charge in [-0.15, -0.1) is 0 Å². The molecule has 1 aromatic carbocycles. The molecule has 0 fully saturated rings. The Hall–Kier alpha value is -1.08. The van der Waals surface area contributed by atoms with Crippen LogP contribution in [0.1, 0.15) is 12.0 Å². The molecule has 0 aliphatic heterocycles. The second kappa shape index (κ2) is 8.17. The normalized spacial score (nSPS) is 10.8. The molecule has 0 aliphatic rings. The molecule has 0 saturated carbocycles. The standard InChI is InChI=1S/C13H22BNO4/c1-15(7-4-8-18-2)10-11-5-6-13(19-3)12(9-11)14(16)17/h5-6,9,16-17H,4,7-8,10H2,1-3H3. The minimum atomic E-state index is -1.52. The third kappa shape index (κ3) is 5.20. The van der Waals surface area contributed by atoms with Crippen LogP contribution in [0.15, 0.2) is 18.2 Å². The van der Waals surface area contributed by atoms with Gasteiger partial charge in [0.1, 0.15) is 5.75 Å². The van der Waals surface area contributed by atoms with Crippen molar-refractivity contribution in [2.75, 3.05) is 34.4 Å². The maximum atomic E-state index is 9.31. The molecule has 2 N–H and O–H groups in total. The van der Waals surface area contributed by atoms with Crippen molar-refractivity contribution >= 4 is 12.6 Å². The Balaban J connectivity index is 2.66. The van der Waals surface area contributed by atoms with Crippen LogP contribution in [0.5, 0.6) is 5.75 Å². The van der Waals surface area contributed by atoms with E-state index in [9.17, 15) is 10.0 Å². The van der Waals surface area contributed by atoms with Crippen molar-refractivity contribution in [1.82, 2.24) is 4.90 Å². The number of hydrogen-bond acceptors (Lipinski definition) is 5. The molecule has 0 saturated heterocycles. The quantitative estimate of drug-likeness (QED) is 0.506. The van der Waals surface area contributed by atoms with Crippen molar-refractivity contribution in [2.45, 2.75) is 13.0 Å². The highest BCUT2D eigenvalue weighted by Gasteiger charge is 2.17. The summed E-state index contributed by atoms with van der Waals surface area (Å²) in [6, 6.07) is 5.45. The van der Waals surface area contributed by atoms with Gasteiger partial charge < -0.3 is 24.4 Å².